The summed E-state index contributed by atoms with van der Waals surface area (Å²) in [5.74, 6) is 5.80. The maximum absolute atomic E-state index is 11.6. The van der Waals surface area contributed by atoms with Crippen LogP contribution in [0.1, 0.15) is 19.9 Å². The molecule has 10 heteroatoms. The number of rotatable bonds is 4. The normalized spacial score (nSPS) is 11.0. The van der Waals surface area contributed by atoms with Gasteiger partial charge in [0, 0.05) is 6.04 Å². The first-order chi connectivity index (χ1) is 9.04. The second kappa shape index (κ2) is 5.72. The summed E-state index contributed by atoms with van der Waals surface area (Å²) in [5.41, 5.74) is 2.21. The average molecular weight is 346 g/mol. The van der Waals surface area contributed by atoms with Gasteiger partial charge >= 0.3 is 5.69 Å². The fraction of sp³-hybridized carbons (Fsp3) is 0.333. The fourth-order valence-corrected chi connectivity index (χ4v) is 2.93. The highest BCUT2D eigenvalue weighted by atomic mass is 79.9. The van der Waals surface area contributed by atoms with Crippen molar-refractivity contribution in [2.24, 2.45) is 5.84 Å². The Hall–Kier alpha value is -1.39. The third kappa shape index (κ3) is 2.80. The molecule has 0 aliphatic heterocycles. The van der Waals surface area contributed by atoms with E-state index in [-0.39, 0.29) is 11.7 Å². The molecule has 0 aliphatic carbocycles. The largest absolute Gasteiger partial charge is 0.344 e. The van der Waals surface area contributed by atoms with E-state index in [2.05, 4.69) is 41.5 Å². The molecule has 102 valence electrons. The van der Waals surface area contributed by atoms with E-state index in [4.69, 9.17) is 5.84 Å². The van der Waals surface area contributed by atoms with Crippen LogP contribution in [0.25, 0.3) is 0 Å². The highest BCUT2D eigenvalue weighted by Gasteiger charge is 2.16. The number of nitrogen functional groups attached to an aromatic ring is 1. The van der Waals surface area contributed by atoms with Crippen LogP contribution in [0, 0.1) is 0 Å². The van der Waals surface area contributed by atoms with Gasteiger partial charge in [0.2, 0.25) is 0 Å². The van der Waals surface area contributed by atoms with E-state index in [9.17, 15) is 4.79 Å². The van der Waals surface area contributed by atoms with Gasteiger partial charge in [0.15, 0.2) is 11.0 Å². The lowest BCUT2D eigenvalue weighted by atomic mass is 10.4. The number of hydrazine groups is 1. The lowest BCUT2D eigenvalue weighted by Gasteiger charge is -2.09. The van der Waals surface area contributed by atoms with Gasteiger partial charge in [0.25, 0.3) is 0 Å². The van der Waals surface area contributed by atoms with Gasteiger partial charge in [-0.2, -0.15) is 0 Å². The number of nitrogens with two attached hydrogens (primary N) is 1. The smallest absolute Gasteiger partial charge is 0.307 e. The number of nitrogens with zero attached hydrogens (tertiary/aromatic N) is 4. The van der Waals surface area contributed by atoms with Crippen molar-refractivity contribution in [2.75, 3.05) is 5.43 Å². The van der Waals surface area contributed by atoms with E-state index in [1.807, 2.05) is 13.8 Å². The van der Waals surface area contributed by atoms with Gasteiger partial charge in [0.1, 0.15) is 11.4 Å². The Morgan fingerprint density at radius 3 is 2.89 bits per heavy atom. The molecule has 19 heavy (non-hydrogen) atoms. The second-order valence-corrected chi connectivity index (χ2v) is 5.61. The van der Waals surface area contributed by atoms with Crippen LogP contribution in [0.2, 0.25) is 0 Å². The third-order valence-corrected chi connectivity index (χ3v) is 4.26. The summed E-state index contributed by atoms with van der Waals surface area (Å²) in [6.07, 6.45) is 1.38. The Morgan fingerprint density at radius 2 is 2.26 bits per heavy atom. The molecule has 0 aliphatic rings. The first-order valence-electron chi connectivity index (χ1n) is 5.36. The molecule has 0 amide bonds. The molecule has 2 aromatic rings. The lowest BCUT2D eigenvalue weighted by Crippen LogP contribution is -2.19. The molecule has 0 radical (unpaired) electrons. The van der Waals surface area contributed by atoms with Crippen molar-refractivity contribution in [2.45, 2.75) is 30.1 Å². The van der Waals surface area contributed by atoms with Gasteiger partial charge in [-0.25, -0.2) is 25.7 Å². The summed E-state index contributed by atoms with van der Waals surface area (Å²) in [5, 5.41) is 7.55. The molecule has 0 spiro atoms. The van der Waals surface area contributed by atoms with Crippen LogP contribution >= 0.6 is 27.7 Å². The Bertz CT molecular complexity index is 638. The topological polar surface area (TPSA) is 115 Å². The SMILES string of the molecule is CC(C)n1c(Sc2ncnc(NN)c2Br)n[nH]c1=O. The van der Waals surface area contributed by atoms with Crippen LogP contribution in [0.5, 0.6) is 0 Å². The summed E-state index contributed by atoms with van der Waals surface area (Å²) in [6, 6.07) is 0.00136. The molecule has 0 fully saturated rings. The number of halogens is 1. The fourth-order valence-electron chi connectivity index (χ4n) is 1.43. The van der Waals surface area contributed by atoms with Crippen molar-refractivity contribution in [3.63, 3.8) is 0 Å². The molecular formula is C9H12BrN7OS. The van der Waals surface area contributed by atoms with Gasteiger partial charge < -0.3 is 5.43 Å². The van der Waals surface area contributed by atoms with E-state index in [1.165, 1.54) is 18.1 Å². The average Bonchev–Trinajstić information content (AvgIpc) is 2.73. The zero-order valence-electron chi connectivity index (χ0n) is 10.2. The molecule has 2 heterocycles. The number of anilines is 1. The number of H-pyrrole nitrogens is 1. The number of hydrogen-bond donors (Lipinski definition) is 3. The van der Waals surface area contributed by atoms with Crippen LogP contribution in [0.15, 0.2) is 25.8 Å². The Kier molecular flexibility index (Phi) is 4.22. The van der Waals surface area contributed by atoms with Gasteiger partial charge in [-0.1, -0.05) is 0 Å². The van der Waals surface area contributed by atoms with Gasteiger partial charge in [-0.3, -0.25) is 4.57 Å². The minimum absolute atomic E-state index is 0.00136. The van der Waals surface area contributed by atoms with E-state index in [0.29, 0.717) is 20.5 Å². The minimum Gasteiger partial charge on any atom is -0.307 e. The quantitative estimate of drug-likeness (QED) is 0.432. The maximum atomic E-state index is 11.6. The second-order valence-electron chi connectivity index (χ2n) is 3.86. The van der Waals surface area contributed by atoms with Crippen molar-refractivity contribution in [3.8, 4) is 0 Å². The standard InChI is InChI=1S/C9H12BrN7OS/c1-4(2)17-8(18)15-16-9(17)19-7-5(10)6(14-11)12-3-13-7/h3-4H,11H2,1-2H3,(H,15,18)(H,12,13,14). The Morgan fingerprint density at radius 1 is 1.53 bits per heavy atom. The van der Waals surface area contributed by atoms with Crippen molar-refractivity contribution < 1.29 is 0 Å². The summed E-state index contributed by atoms with van der Waals surface area (Å²) in [6.45, 7) is 3.81. The monoisotopic (exact) mass is 345 g/mol. The molecular weight excluding hydrogens is 334 g/mol. The highest BCUT2D eigenvalue weighted by molar-refractivity contribution is 9.10. The van der Waals surface area contributed by atoms with E-state index >= 15 is 0 Å². The molecule has 0 saturated heterocycles. The van der Waals surface area contributed by atoms with E-state index in [1.54, 1.807) is 4.57 Å². The van der Waals surface area contributed by atoms with Crippen molar-refractivity contribution in [1.29, 1.82) is 0 Å². The van der Waals surface area contributed by atoms with Crippen molar-refractivity contribution in [1.82, 2.24) is 24.7 Å². The molecule has 0 unspecified atom stereocenters. The third-order valence-electron chi connectivity index (χ3n) is 2.27. The van der Waals surface area contributed by atoms with Crippen LogP contribution in [0.4, 0.5) is 5.82 Å². The summed E-state index contributed by atoms with van der Waals surface area (Å²) < 4.78 is 2.17. The molecule has 0 saturated carbocycles. The van der Waals surface area contributed by atoms with Crippen LogP contribution in [-0.4, -0.2) is 24.7 Å². The summed E-state index contributed by atoms with van der Waals surface area (Å²) in [4.78, 5) is 19.7. The minimum atomic E-state index is -0.250. The van der Waals surface area contributed by atoms with Crippen LogP contribution < -0.4 is 17.0 Å². The Balaban J connectivity index is 2.40. The maximum Gasteiger partial charge on any atom is 0.344 e. The molecule has 0 atom stereocenters. The molecule has 2 aromatic heterocycles. The van der Waals surface area contributed by atoms with Crippen LogP contribution in [0.3, 0.4) is 0 Å². The number of hydrogen-bond acceptors (Lipinski definition) is 7. The van der Waals surface area contributed by atoms with E-state index in [0.717, 1.165) is 0 Å². The van der Waals surface area contributed by atoms with Gasteiger partial charge in [0.05, 0.1) is 4.47 Å². The molecule has 4 N–H and O–H groups in total. The number of nitrogens with one attached hydrogen (secondary N) is 2. The predicted molar refractivity (Wildman–Crippen MR) is 74.9 cm³/mol. The Labute approximate surface area is 121 Å². The molecule has 8 nitrogen and oxygen atoms in total. The molecule has 2 rings (SSSR count). The predicted octanol–water partition coefficient (Wildman–Crippen LogP) is 1.14. The zero-order valence-corrected chi connectivity index (χ0v) is 12.6. The van der Waals surface area contributed by atoms with Gasteiger partial charge in [-0.15, -0.1) is 5.10 Å². The first-order valence-corrected chi connectivity index (χ1v) is 6.97. The van der Waals surface area contributed by atoms with Crippen molar-refractivity contribution >= 4 is 33.5 Å². The summed E-state index contributed by atoms with van der Waals surface area (Å²) >= 11 is 4.60. The van der Waals surface area contributed by atoms with Crippen molar-refractivity contribution in [3.05, 3.63) is 21.3 Å². The van der Waals surface area contributed by atoms with Gasteiger partial charge in [-0.05, 0) is 41.5 Å². The highest BCUT2D eigenvalue weighted by Crippen LogP contribution is 2.33. The van der Waals surface area contributed by atoms with Crippen LogP contribution in [-0.2, 0) is 0 Å². The lowest BCUT2D eigenvalue weighted by molar-refractivity contribution is 0.534. The van der Waals surface area contributed by atoms with E-state index < -0.39 is 0 Å². The first kappa shape index (κ1) is 14.0. The number of aromatic amines is 1. The number of aromatic nitrogens is 5. The molecule has 0 aromatic carbocycles. The molecule has 0 bridgehead atoms. The summed E-state index contributed by atoms with van der Waals surface area (Å²) in [7, 11) is 0. The zero-order chi connectivity index (χ0) is 14.0.